The van der Waals surface area contributed by atoms with Crippen LogP contribution in [0.3, 0.4) is 0 Å². The molecule has 1 aliphatic carbocycles. The Kier molecular flexibility index (Phi) is 5.95. The molecule has 0 amide bonds. The number of rotatable bonds is 6. The van der Waals surface area contributed by atoms with Gasteiger partial charge in [0, 0.05) is 12.1 Å². The Morgan fingerprint density at radius 3 is 1.89 bits per heavy atom. The maximum atomic E-state index is 4.89. The molecule has 0 spiro atoms. The van der Waals surface area contributed by atoms with Gasteiger partial charge in [-0.3, -0.25) is 4.99 Å². The predicted octanol–water partition coefficient (Wildman–Crippen LogP) is 6.02. The maximum absolute atomic E-state index is 4.89. The second kappa shape index (κ2) is 8.95. The quantitative estimate of drug-likeness (QED) is 0.366. The second-order valence-electron chi connectivity index (χ2n) is 6.89. The van der Waals surface area contributed by atoms with Gasteiger partial charge < -0.3 is 0 Å². The summed E-state index contributed by atoms with van der Waals surface area (Å²) in [5.74, 6) is 0.248. The molecule has 4 rings (SSSR count). The molecule has 1 unspecified atom stereocenters. The number of aliphatic imine (C=N–C) groups is 1. The number of benzene rings is 3. The second-order valence-corrected chi connectivity index (χ2v) is 9.11. The first-order chi connectivity index (χ1) is 13.8. The highest BCUT2D eigenvalue weighted by atomic mass is 31.1. The Hall–Kier alpha value is -2.76. The van der Waals surface area contributed by atoms with Crippen molar-refractivity contribution in [3.05, 3.63) is 120 Å². The van der Waals surface area contributed by atoms with E-state index in [1.54, 1.807) is 0 Å². The number of nitrogens with zero attached hydrogens (tertiary/aromatic N) is 1. The van der Waals surface area contributed by atoms with Crippen molar-refractivity contribution < 1.29 is 0 Å². The van der Waals surface area contributed by atoms with Gasteiger partial charge in [0.15, 0.2) is 0 Å². The molecule has 2 atom stereocenters. The zero-order valence-electron chi connectivity index (χ0n) is 16.0. The average molecular weight is 381 g/mol. The third-order valence-corrected chi connectivity index (χ3v) is 7.56. The van der Waals surface area contributed by atoms with Crippen LogP contribution in [0.1, 0.15) is 18.5 Å². The lowest BCUT2D eigenvalue weighted by Gasteiger charge is -2.23. The fourth-order valence-electron chi connectivity index (χ4n) is 3.47. The van der Waals surface area contributed by atoms with Gasteiger partial charge in [0.25, 0.3) is 0 Å². The van der Waals surface area contributed by atoms with E-state index in [-0.39, 0.29) is 12.0 Å². The van der Waals surface area contributed by atoms with Crippen LogP contribution in [0.2, 0.25) is 0 Å². The van der Waals surface area contributed by atoms with Crippen molar-refractivity contribution in [2.24, 2.45) is 10.9 Å². The summed E-state index contributed by atoms with van der Waals surface area (Å²) in [5, 5.41) is 4.21. The Bertz CT molecular complexity index is 935. The molecule has 0 fully saturated rings. The van der Waals surface area contributed by atoms with Crippen LogP contribution < -0.4 is 10.6 Å². The highest BCUT2D eigenvalue weighted by Crippen LogP contribution is 2.48. The molecule has 3 aromatic carbocycles. The fraction of sp³-hybridized carbons (Fsp3) is 0.115. The molecule has 0 saturated carbocycles. The maximum Gasteiger partial charge on any atom is 0.0717 e. The van der Waals surface area contributed by atoms with E-state index in [1.165, 1.54) is 21.5 Å². The smallest absolute Gasteiger partial charge is 0.0717 e. The van der Waals surface area contributed by atoms with Crippen LogP contribution >= 0.6 is 7.92 Å². The summed E-state index contributed by atoms with van der Waals surface area (Å²) < 4.78 is 0. The highest BCUT2D eigenvalue weighted by Gasteiger charge is 2.25. The molecule has 1 aliphatic rings. The van der Waals surface area contributed by atoms with Gasteiger partial charge in [-0.1, -0.05) is 109 Å². The molecule has 1 nitrogen and oxygen atoms in total. The zero-order valence-corrected chi connectivity index (χ0v) is 16.9. The standard InChI is InChI=1S/C26H24NP/c1-21(22-12-5-2-6-13-22)27-20-23-14-11-19-26(23)28(24-15-7-3-8-16-24)25-17-9-4-10-18-25/h2-21,23H,1H3/t21-,23?/m0/s1. The number of hydrogen-bond donors (Lipinski definition) is 0. The molecule has 0 radical (unpaired) electrons. The first-order valence-corrected chi connectivity index (χ1v) is 11.0. The fourth-order valence-corrected chi connectivity index (χ4v) is 5.99. The van der Waals surface area contributed by atoms with Crippen LogP contribution in [0.25, 0.3) is 0 Å². The SMILES string of the molecule is C[C@H](N=CC1C=CC=C1P(c1ccccc1)c1ccccc1)c1ccccc1. The Morgan fingerprint density at radius 1 is 0.786 bits per heavy atom. The average Bonchev–Trinajstić information content (AvgIpc) is 3.22. The van der Waals surface area contributed by atoms with Crippen molar-refractivity contribution in [2.75, 3.05) is 0 Å². The van der Waals surface area contributed by atoms with Gasteiger partial charge >= 0.3 is 0 Å². The van der Waals surface area contributed by atoms with Crippen molar-refractivity contribution in [2.45, 2.75) is 13.0 Å². The van der Waals surface area contributed by atoms with Gasteiger partial charge in [0.1, 0.15) is 0 Å². The van der Waals surface area contributed by atoms with Crippen molar-refractivity contribution in [1.29, 1.82) is 0 Å². The van der Waals surface area contributed by atoms with E-state index in [2.05, 4.69) is 116 Å². The molecule has 28 heavy (non-hydrogen) atoms. The summed E-state index contributed by atoms with van der Waals surface area (Å²) in [5.41, 5.74) is 1.25. The van der Waals surface area contributed by atoms with Crippen LogP contribution in [0.4, 0.5) is 0 Å². The number of allylic oxidation sites excluding steroid dienone is 4. The summed E-state index contributed by atoms with van der Waals surface area (Å²) >= 11 is 0. The predicted molar refractivity (Wildman–Crippen MR) is 123 cm³/mol. The molecule has 138 valence electrons. The van der Waals surface area contributed by atoms with E-state index in [1.807, 2.05) is 6.07 Å². The minimum Gasteiger partial charge on any atom is -0.289 e. The van der Waals surface area contributed by atoms with Crippen LogP contribution in [0.5, 0.6) is 0 Å². The van der Waals surface area contributed by atoms with Gasteiger partial charge in [-0.05, 0) is 36.3 Å². The zero-order chi connectivity index (χ0) is 19.2. The summed E-state index contributed by atoms with van der Waals surface area (Å²) in [6, 6.07) is 32.4. The molecule has 0 bridgehead atoms. The van der Waals surface area contributed by atoms with Gasteiger partial charge in [-0.15, -0.1) is 0 Å². The van der Waals surface area contributed by atoms with Crippen LogP contribution in [0.15, 0.2) is 120 Å². The summed E-state index contributed by atoms with van der Waals surface area (Å²) in [6.45, 7) is 2.16. The monoisotopic (exact) mass is 381 g/mol. The van der Waals surface area contributed by atoms with Gasteiger partial charge in [-0.2, -0.15) is 0 Å². The Morgan fingerprint density at radius 2 is 1.32 bits per heavy atom. The van der Waals surface area contributed by atoms with E-state index >= 15 is 0 Å². The lowest BCUT2D eigenvalue weighted by atomic mass is 10.1. The molecular weight excluding hydrogens is 357 g/mol. The van der Waals surface area contributed by atoms with Crippen molar-refractivity contribution in [3.8, 4) is 0 Å². The Balaban J connectivity index is 1.63. The highest BCUT2D eigenvalue weighted by molar-refractivity contribution is 7.76. The van der Waals surface area contributed by atoms with E-state index < -0.39 is 7.92 Å². The van der Waals surface area contributed by atoms with E-state index in [0.717, 1.165) is 0 Å². The molecule has 2 heteroatoms. The van der Waals surface area contributed by atoms with Gasteiger partial charge in [0.2, 0.25) is 0 Å². The van der Waals surface area contributed by atoms with E-state index in [4.69, 9.17) is 4.99 Å². The normalized spacial score (nSPS) is 17.2. The minimum absolute atomic E-state index is 0.163. The molecule has 0 N–H and O–H groups in total. The third-order valence-electron chi connectivity index (χ3n) is 4.97. The first kappa shape index (κ1) is 18.6. The van der Waals surface area contributed by atoms with Crippen LogP contribution in [-0.2, 0) is 0 Å². The molecule has 0 aromatic heterocycles. The van der Waals surface area contributed by atoms with Crippen molar-refractivity contribution in [1.82, 2.24) is 0 Å². The molecule has 0 heterocycles. The van der Waals surface area contributed by atoms with Gasteiger partial charge in [0.05, 0.1) is 6.04 Å². The summed E-state index contributed by atoms with van der Waals surface area (Å²) in [7, 11) is -0.569. The van der Waals surface area contributed by atoms with Gasteiger partial charge in [-0.25, -0.2) is 0 Å². The molecular formula is C26H24NP. The molecule has 3 aromatic rings. The summed E-state index contributed by atoms with van der Waals surface area (Å²) in [4.78, 5) is 4.89. The lowest BCUT2D eigenvalue weighted by molar-refractivity contribution is 0.817. The topological polar surface area (TPSA) is 12.4 Å². The van der Waals surface area contributed by atoms with Crippen LogP contribution in [0, 0.1) is 5.92 Å². The Labute approximate surface area is 168 Å². The van der Waals surface area contributed by atoms with Crippen LogP contribution in [-0.4, -0.2) is 6.21 Å². The third kappa shape index (κ3) is 4.21. The largest absolute Gasteiger partial charge is 0.289 e. The molecule has 0 aliphatic heterocycles. The van der Waals surface area contributed by atoms with E-state index in [0.29, 0.717) is 0 Å². The van der Waals surface area contributed by atoms with E-state index in [9.17, 15) is 0 Å². The molecule has 0 saturated heterocycles. The van der Waals surface area contributed by atoms with Crippen molar-refractivity contribution >= 4 is 24.7 Å². The first-order valence-electron chi connectivity index (χ1n) is 9.70. The van der Waals surface area contributed by atoms with Crippen molar-refractivity contribution in [3.63, 3.8) is 0 Å². The minimum atomic E-state index is -0.569. The number of hydrogen-bond acceptors (Lipinski definition) is 1. The lowest BCUT2D eigenvalue weighted by Crippen LogP contribution is -2.16. The summed E-state index contributed by atoms with van der Waals surface area (Å²) in [6.07, 6.45) is 8.86.